The van der Waals surface area contributed by atoms with Crippen LogP contribution >= 0.6 is 0 Å². The van der Waals surface area contributed by atoms with Crippen molar-refractivity contribution in [3.05, 3.63) is 12.7 Å². The van der Waals surface area contributed by atoms with Gasteiger partial charge in [0.25, 0.3) is 0 Å². The quantitative estimate of drug-likeness (QED) is 0.358. The highest BCUT2D eigenvalue weighted by molar-refractivity contribution is 5.98. The van der Waals surface area contributed by atoms with Crippen LogP contribution in [0.5, 0.6) is 0 Å². The van der Waals surface area contributed by atoms with Gasteiger partial charge in [-0.05, 0) is 57.8 Å². The zero-order valence-electron chi connectivity index (χ0n) is 22.5. The molecule has 2 bridgehead atoms. The van der Waals surface area contributed by atoms with Crippen LogP contribution in [-0.2, 0) is 19.1 Å². The number of carboxylic acids is 1. The number of carbonyl (C=O) groups excluding carboxylic acids is 2. The molecule has 8 nitrogen and oxygen atoms in total. The number of rotatable bonds is 10. The van der Waals surface area contributed by atoms with Crippen molar-refractivity contribution in [1.29, 1.82) is 0 Å². The van der Waals surface area contributed by atoms with Gasteiger partial charge in [0.15, 0.2) is 0 Å². The Morgan fingerprint density at radius 2 is 1.89 bits per heavy atom. The number of unbranched alkanes of at least 4 members (excludes halogenated alkanes) is 1. The average Bonchev–Trinajstić information content (AvgIpc) is 3.21. The van der Waals surface area contributed by atoms with E-state index in [4.69, 9.17) is 4.74 Å². The molecule has 1 spiro atoms. The van der Waals surface area contributed by atoms with Gasteiger partial charge in [0, 0.05) is 25.2 Å². The van der Waals surface area contributed by atoms with E-state index in [0.717, 1.165) is 6.42 Å². The standard InChI is InChI=1S/C27H44N2O6/c1-9-12-29(25(6,7)16-24(3,4)5)22(32)20-27-15-17(2)26(8,35-27)19(23(33)34)18(27)21(31)28(20)13-10-11-14-30/h9,17-20,30H,1,10-16H2,2-8H3,(H,33,34)/t17?,18-,19-,20?,26+,27?/m0/s1. The van der Waals surface area contributed by atoms with Crippen LogP contribution < -0.4 is 0 Å². The van der Waals surface area contributed by atoms with Gasteiger partial charge in [-0.25, -0.2) is 0 Å². The van der Waals surface area contributed by atoms with Crippen LogP contribution in [0.3, 0.4) is 0 Å². The maximum Gasteiger partial charge on any atom is 0.310 e. The Morgan fingerprint density at radius 3 is 2.40 bits per heavy atom. The zero-order chi connectivity index (χ0) is 26.6. The van der Waals surface area contributed by atoms with E-state index in [9.17, 15) is 24.6 Å². The van der Waals surface area contributed by atoms with Gasteiger partial charge in [0.1, 0.15) is 17.6 Å². The molecule has 0 aromatic rings. The van der Waals surface area contributed by atoms with E-state index in [1.54, 1.807) is 22.8 Å². The summed E-state index contributed by atoms with van der Waals surface area (Å²) in [6.45, 7) is 18.6. The number of aliphatic carboxylic acids is 1. The minimum Gasteiger partial charge on any atom is -0.481 e. The van der Waals surface area contributed by atoms with Gasteiger partial charge < -0.3 is 24.7 Å². The largest absolute Gasteiger partial charge is 0.481 e. The topological polar surface area (TPSA) is 107 Å². The number of carbonyl (C=O) groups is 3. The van der Waals surface area contributed by atoms with E-state index < -0.39 is 40.6 Å². The minimum atomic E-state index is -1.18. The number of aliphatic hydroxyl groups is 1. The fraction of sp³-hybridized carbons (Fsp3) is 0.815. The summed E-state index contributed by atoms with van der Waals surface area (Å²) in [4.78, 5) is 44.1. The maximum absolute atomic E-state index is 14.5. The van der Waals surface area contributed by atoms with Crippen molar-refractivity contribution in [2.45, 2.75) is 96.9 Å². The molecule has 3 aliphatic rings. The molecular weight excluding hydrogens is 448 g/mol. The number of amides is 2. The van der Waals surface area contributed by atoms with Gasteiger partial charge in [-0.3, -0.25) is 14.4 Å². The Bertz CT molecular complexity index is 879. The van der Waals surface area contributed by atoms with Crippen LogP contribution in [0.2, 0.25) is 0 Å². The zero-order valence-corrected chi connectivity index (χ0v) is 22.5. The number of ether oxygens (including phenoxy) is 1. The Kier molecular flexibility index (Phi) is 7.25. The van der Waals surface area contributed by atoms with Gasteiger partial charge >= 0.3 is 5.97 Å². The highest BCUT2D eigenvalue weighted by Crippen LogP contribution is 2.65. The number of likely N-dealkylation sites (tertiary alicyclic amines) is 1. The predicted octanol–water partition coefficient (Wildman–Crippen LogP) is 3.08. The number of aliphatic hydroxyl groups excluding tert-OH is 1. The molecule has 35 heavy (non-hydrogen) atoms. The van der Waals surface area contributed by atoms with Crippen molar-refractivity contribution in [3.63, 3.8) is 0 Å². The minimum absolute atomic E-state index is 0.0141. The summed E-state index contributed by atoms with van der Waals surface area (Å²) in [5, 5.41) is 19.5. The number of fused-ring (bicyclic) bond motifs is 1. The number of hydrogen-bond donors (Lipinski definition) is 2. The molecule has 3 heterocycles. The second kappa shape index (κ2) is 9.18. The molecule has 198 valence electrons. The smallest absolute Gasteiger partial charge is 0.310 e. The molecule has 8 heteroatoms. The molecule has 3 unspecified atom stereocenters. The number of hydrogen-bond acceptors (Lipinski definition) is 5. The molecule has 2 N–H and O–H groups in total. The SMILES string of the molecule is C=CCN(C(=O)C1N(CCCCO)C(=O)[C@@H]2[C@@H](C(=O)O)[C@]3(C)OC12CC3C)C(C)(C)CC(C)(C)C. The Balaban J connectivity index is 2.11. The highest BCUT2D eigenvalue weighted by atomic mass is 16.5. The highest BCUT2D eigenvalue weighted by Gasteiger charge is 2.80. The first kappa shape index (κ1) is 27.7. The van der Waals surface area contributed by atoms with Crippen LogP contribution in [0.1, 0.15) is 74.1 Å². The van der Waals surface area contributed by atoms with Gasteiger partial charge in [0.2, 0.25) is 11.8 Å². The fourth-order valence-corrected chi connectivity index (χ4v) is 7.33. The van der Waals surface area contributed by atoms with Crippen molar-refractivity contribution in [3.8, 4) is 0 Å². The lowest BCUT2D eigenvalue weighted by Gasteiger charge is -2.45. The third-order valence-electron chi connectivity index (χ3n) is 8.39. The van der Waals surface area contributed by atoms with E-state index in [-0.39, 0.29) is 36.3 Å². The number of carboxylic acid groups (broad SMARTS) is 1. The number of nitrogens with zero attached hydrogens (tertiary/aromatic N) is 2. The molecule has 3 aliphatic heterocycles. The van der Waals surface area contributed by atoms with Crippen LogP contribution in [0.15, 0.2) is 12.7 Å². The van der Waals surface area contributed by atoms with Gasteiger partial charge in [-0.15, -0.1) is 6.58 Å². The van der Waals surface area contributed by atoms with E-state index in [2.05, 4.69) is 27.4 Å². The monoisotopic (exact) mass is 492 g/mol. The molecule has 2 amide bonds. The summed E-state index contributed by atoms with van der Waals surface area (Å²) in [5.74, 6) is -3.62. The second-order valence-corrected chi connectivity index (χ2v) is 12.8. The molecule has 0 saturated carbocycles. The van der Waals surface area contributed by atoms with Crippen molar-refractivity contribution < 1.29 is 29.3 Å². The Hall–Kier alpha value is -1.93. The molecule has 0 aliphatic carbocycles. The molecule has 3 saturated heterocycles. The Morgan fingerprint density at radius 1 is 1.26 bits per heavy atom. The lowest BCUT2D eigenvalue weighted by atomic mass is 9.62. The average molecular weight is 493 g/mol. The van der Waals surface area contributed by atoms with Crippen molar-refractivity contribution in [2.75, 3.05) is 19.7 Å². The molecular formula is C27H44N2O6. The lowest BCUT2D eigenvalue weighted by molar-refractivity contribution is -0.159. The lowest BCUT2D eigenvalue weighted by Crippen LogP contribution is -2.61. The molecule has 3 fully saturated rings. The second-order valence-electron chi connectivity index (χ2n) is 12.8. The van der Waals surface area contributed by atoms with E-state index >= 15 is 0 Å². The summed E-state index contributed by atoms with van der Waals surface area (Å²) in [6, 6.07) is -0.911. The summed E-state index contributed by atoms with van der Waals surface area (Å²) in [5.41, 5.74) is -2.76. The molecule has 0 aromatic carbocycles. The first-order chi connectivity index (χ1) is 16.1. The van der Waals surface area contributed by atoms with Crippen molar-refractivity contribution in [2.24, 2.45) is 23.2 Å². The van der Waals surface area contributed by atoms with Crippen LogP contribution in [-0.4, -0.2) is 80.3 Å². The molecule has 6 atom stereocenters. The van der Waals surface area contributed by atoms with Gasteiger partial charge in [-0.2, -0.15) is 0 Å². The summed E-state index contributed by atoms with van der Waals surface area (Å²) in [7, 11) is 0. The van der Waals surface area contributed by atoms with Crippen LogP contribution in [0.25, 0.3) is 0 Å². The van der Waals surface area contributed by atoms with Crippen molar-refractivity contribution >= 4 is 17.8 Å². The summed E-state index contributed by atoms with van der Waals surface area (Å²) in [6.07, 6.45) is 3.89. The van der Waals surface area contributed by atoms with Crippen LogP contribution in [0.4, 0.5) is 0 Å². The van der Waals surface area contributed by atoms with Crippen molar-refractivity contribution in [1.82, 2.24) is 9.80 Å². The first-order valence-corrected chi connectivity index (χ1v) is 12.8. The molecule has 0 radical (unpaired) electrons. The fourth-order valence-electron chi connectivity index (χ4n) is 7.33. The third kappa shape index (κ3) is 4.41. The van der Waals surface area contributed by atoms with E-state index in [0.29, 0.717) is 25.8 Å². The van der Waals surface area contributed by atoms with Gasteiger partial charge in [0.05, 0.1) is 11.5 Å². The predicted molar refractivity (Wildman–Crippen MR) is 132 cm³/mol. The summed E-state index contributed by atoms with van der Waals surface area (Å²) >= 11 is 0. The molecule has 0 aromatic heterocycles. The third-order valence-corrected chi connectivity index (χ3v) is 8.39. The normalized spacial score (nSPS) is 34.3. The first-order valence-electron chi connectivity index (χ1n) is 12.8. The van der Waals surface area contributed by atoms with E-state index in [1.807, 2.05) is 20.8 Å². The summed E-state index contributed by atoms with van der Waals surface area (Å²) < 4.78 is 6.57. The van der Waals surface area contributed by atoms with Gasteiger partial charge in [-0.1, -0.05) is 33.8 Å². The Labute approximate surface area is 209 Å². The van der Waals surface area contributed by atoms with Crippen LogP contribution in [0, 0.1) is 23.2 Å². The van der Waals surface area contributed by atoms with E-state index in [1.165, 1.54) is 0 Å². The maximum atomic E-state index is 14.5. The molecule has 3 rings (SSSR count).